The van der Waals surface area contributed by atoms with Crippen molar-refractivity contribution in [3.8, 4) is 11.5 Å². The second-order valence-corrected chi connectivity index (χ2v) is 4.24. The molecule has 104 valence electrons. The van der Waals surface area contributed by atoms with Crippen LogP contribution >= 0.6 is 0 Å². The lowest BCUT2D eigenvalue weighted by molar-refractivity contribution is 0.355. The molecule has 0 saturated heterocycles. The number of hydrogen-bond acceptors (Lipinski definition) is 4. The van der Waals surface area contributed by atoms with Gasteiger partial charge in [0.05, 0.1) is 25.6 Å². The molecule has 4 heteroatoms. The van der Waals surface area contributed by atoms with Crippen LogP contribution in [0.5, 0.6) is 11.5 Å². The van der Waals surface area contributed by atoms with E-state index < -0.39 is 0 Å². The third-order valence-electron chi connectivity index (χ3n) is 2.93. The highest BCUT2D eigenvalue weighted by Gasteiger charge is 2.06. The van der Waals surface area contributed by atoms with E-state index in [0.717, 1.165) is 17.0 Å². The van der Waals surface area contributed by atoms with E-state index in [1.165, 1.54) is 0 Å². The van der Waals surface area contributed by atoms with E-state index in [1.54, 1.807) is 14.2 Å². The molecule has 0 unspecified atom stereocenters. The smallest absolute Gasteiger partial charge is 0.161 e. The van der Waals surface area contributed by atoms with Crippen molar-refractivity contribution in [1.82, 2.24) is 0 Å². The van der Waals surface area contributed by atoms with Gasteiger partial charge in [-0.1, -0.05) is 18.2 Å². The molecule has 4 nitrogen and oxygen atoms in total. The second-order valence-electron chi connectivity index (χ2n) is 4.24. The lowest BCUT2D eigenvalue weighted by Gasteiger charge is -2.09. The Hall–Kier alpha value is -2.49. The highest BCUT2D eigenvalue weighted by molar-refractivity contribution is 5.99. The first-order valence-corrected chi connectivity index (χ1v) is 6.32. The van der Waals surface area contributed by atoms with Crippen LogP contribution in [0.2, 0.25) is 0 Å². The number of anilines is 1. The second kappa shape index (κ2) is 6.61. The number of ether oxygens (including phenoxy) is 2. The minimum Gasteiger partial charge on any atom is -0.493 e. The van der Waals surface area contributed by atoms with Gasteiger partial charge < -0.3 is 9.47 Å². The van der Waals surface area contributed by atoms with Crippen molar-refractivity contribution in [2.45, 2.75) is 6.92 Å². The van der Waals surface area contributed by atoms with Crippen molar-refractivity contribution >= 4 is 11.4 Å². The van der Waals surface area contributed by atoms with Crippen molar-refractivity contribution in [1.29, 1.82) is 0 Å². The molecule has 0 amide bonds. The highest BCUT2D eigenvalue weighted by atomic mass is 16.5. The van der Waals surface area contributed by atoms with Crippen molar-refractivity contribution in [2.75, 3.05) is 19.6 Å². The summed E-state index contributed by atoms with van der Waals surface area (Å²) in [4.78, 5) is 0. The van der Waals surface area contributed by atoms with Crippen LogP contribution in [0.15, 0.2) is 53.6 Å². The molecule has 0 aliphatic heterocycles. The van der Waals surface area contributed by atoms with Gasteiger partial charge in [-0.05, 0) is 37.3 Å². The van der Waals surface area contributed by atoms with Gasteiger partial charge in [0.1, 0.15) is 0 Å². The summed E-state index contributed by atoms with van der Waals surface area (Å²) in [6.07, 6.45) is 0. The van der Waals surface area contributed by atoms with Gasteiger partial charge in [-0.2, -0.15) is 5.10 Å². The van der Waals surface area contributed by atoms with Crippen molar-refractivity contribution in [3.63, 3.8) is 0 Å². The fraction of sp³-hybridized carbons (Fsp3) is 0.188. The maximum atomic E-state index is 5.29. The number of para-hydroxylation sites is 1. The van der Waals surface area contributed by atoms with E-state index in [4.69, 9.17) is 9.47 Å². The van der Waals surface area contributed by atoms with Gasteiger partial charge in [-0.15, -0.1) is 0 Å². The van der Waals surface area contributed by atoms with Crippen LogP contribution in [-0.4, -0.2) is 19.9 Å². The van der Waals surface area contributed by atoms with E-state index in [2.05, 4.69) is 10.5 Å². The zero-order valence-corrected chi connectivity index (χ0v) is 11.9. The molecule has 2 aromatic carbocycles. The van der Waals surface area contributed by atoms with Crippen molar-refractivity contribution in [3.05, 3.63) is 54.1 Å². The predicted octanol–water partition coefficient (Wildman–Crippen LogP) is 3.54. The number of hydrogen-bond donors (Lipinski definition) is 1. The van der Waals surface area contributed by atoms with E-state index >= 15 is 0 Å². The summed E-state index contributed by atoms with van der Waals surface area (Å²) in [6.45, 7) is 1.94. The summed E-state index contributed by atoms with van der Waals surface area (Å²) in [5.74, 6) is 1.40. The standard InChI is InChI=1S/C16H18N2O2/c1-12(17-18-14-7-5-4-6-8-14)13-9-10-15(19-2)16(11-13)20-3/h4-11,18H,1-3H3. The molecule has 20 heavy (non-hydrogen) atoms. The molecule has 1 N–H and O–H groups in total. The third kappa shape index (κ3) is 3.29. The highest BCUT2D eigenvalue weighted by Crippen LogP contribution is 2.27. The van der Waals surface area contributed by atoms with Gasteiger partial charge in [0.15, 0.2) is 11.5 Å². The monoisotopic (exact) mass is 270 g/mol. The number of nitrogens with zero attached hydrogens (tertiary/aromatic N) is 1. The van der Waals surface area contributed by atoms with Crippen LogP contribution in [-0.2, 0) is 0 Å². The van der Waals surface area contributed by atoms with Gasteiger partial charge >= 0.3 is 0 Å². The van der Waals surface area contributed by atoms with Gasteiger partial charge in [0.2, 0.25) is 0 Å². The van der Waals surface area contributed by atoms with Crippen LogP contribution < -0.4 is 14.9 Å². The Bertz CT molecular complexity index is 595. The summed E-state index contributed by atoms with van der Waals surface area (Å²) < 4.78 is 10.5. The molecular formula is C16H18N2O2. The average molecular weight is 270 g/mol. The quantitative estimate of drug-likeness (QED) is 0.667. The number of nitrogens with one attached hydrogen (secondary N) is 1. The zero-order valence-electron chi connectivity index (χ0n) is 11.9. The Morgan fingerprint density at radius 3 is 2.30 bits per heavy atom. The van der Waals surface area contributed by atoms with E-state index in [0.29, 0.717) is 11.5 Å². The summed E-state index contributed by atoms with van der Waals surface area (Å²) in [6, 6.07) is 15.5. The lowest BCUT2D eigenvalue weighted by atomic mass is 10.1. The molecule has 0 atom stereocenters. The number of rotatable bonds is 5. The fourth-order valence-electron chi connectivity index (χ4n) is 1.79. The largest absolute Gasteiger partial charge is 0.493 e. The summed E-state index contributed by atoms with van der Waals surface area (Å²) in [5, 5.41) is 4.37. The number of methoxy groups -OCH3 is 2. The SMILES string of the molecule is COc1ccc(C(C)=NNc2ccccc2)cc1OC. The molecular weight excluding hydrogens is 252 g/mol. The van der Waals surface area contributed by atoms with Gasteiger partial charge in [0, 0.05) is 5.56 Å². The average Bonchev–Trinajstić information content (AvgIpc) is 2.52. The lowest BCUT2D eigenvalue weighted by Crippen LogP contribution is -2.01. The molecule has 0 bridgehead atoms. The molecule has 0 aliphatic rings. The Morgan fingerprint density at radius 1 is 0.950 bits per heavy atom. The Kier molecular flexibility index (Phi) is 4.60. The molecule has 0 saturated carbocycles. The van der Waals surface area contributed by atoms with Crippen LogP contribution in [0.1, 0.15) is 12.5 Å². The summed E-state index contributed by atoms with van der Waals surface area (Å²) in [5.41, 5.74) is 5.82. The molecule has 2 rings (SSSR count). The van der Waals surface area contributed by atoms with Crippen molar-refractivity contribution < 1.29 is 9.47 Å². The molecule has 0 spiro atoms. The van der Waals surface area contributed by atoms with Crippen LogP contribution in [0.3, 0.4) is 0 Å². The fourth-order valence-corrected chi connectivity index (χ4v) is 1.79. The number of benzene rings is 2. The Balaban J connectivity index is 2.18. The van der Waals surface area contributed by atoms with Crippen LogP contribution in [0, 0.1) is 0 Å². The van der Waals surface area contributed by atoms with Gasteiger partial charge in [-0.25, -0.2) is 0 Å². The minimum atomic E-state index is 0.694. The third-order valence-corrected chi connectivity index (χ3v) is 2.93. The first kappa shape index (κ1) is 13.9. The first-order valence-electron chi connectivity index (χ1n) is 6.32. The first-order chi connectivity index (χ1) is 9.74. The van der Waals surface area contributed by atoms with Crippen LogP contribution in [0.25, 0.3) is 0 Å². The molecule has 0 aromatic heterocycles. The van der Waals surface area contributed by atoms with E-state index in [-0.39, 0.29) is 0 Å². The van der Waals surface area contributed by atoms with Crippen LogP contribution in [0.4, 0.5) is 5.69 Å². The Labute approximate surface area is 119 Å². The molecule has 0 fully saturated rings. The number of hydrazone groups is 1. The molecule has 0 aliphatic carbocycles. The normalized spacial score (nSPS) is 11.1. The van der Waals surface area contributed by atoms with E-state index in [9.17, 15) is 0 Å². The maximum Gasteiger partial charge on any atom is 0.161 e. The van der Waals surface area contributed by atoms with Crippen molar-refractivity contribution in [2.24, 2.45) is 5.10 Å². The predicted molar refractivity (Wildman–Crippen MR) is 81.8 cm³/mol. The van der Waals surface area contributed by atoms with Gasteiger partial charge in [0.25, 0.3) is 0 Å². The molecule has 0 radical (unpaired) electrons. The van der Waals surface area contributed by atoms with E-state index in [1.807, 2.05) is 55.5 Å². The minimum absolute atomic E-state index is 0.694. The molecule has 0 heterocycles. The van der Waals surface area contributed by atoms with Gasteiger partial charge in [-0.3, -0.25) is 5.43 Å². The Morgan fingerprint density at radius 2 is 1.65 bits per heavy atom. The maximum absolute atomic E-state index is 5.29. The summed E-state index contributed by atoms with van der Waals surface area (Å²) >= 11 is 0. The molecule has 2 aromatic rings. The topological polar surface area (TPSA) is 42.8 Å². The zero-order chi connectivity index (χ0) is 14.4. The summed E-state index contributed by atoms with van der Waals surface area (Å²) in [7, 11) is 3.24.